The standard InChI is InChI=1S/C21H23F2N3O/c22-16-6-1-4-14(12-16)17-7-2-5-15(20(17)23)13-19-18(24)8-11-26(19)21(27)25-9-3-10-25/h1-2,4-7,12,18-19H,3,8-11,13,24H2/t18-,19-/m0/s1. The highest BCUT2D eigenvalue weighted by Gasteiger charge is 2.38. The summed E-state index contributed by atoms with van der Waals surface area (Å²) in [4.78, 5) is 16.2. The average Bonchev–Trinajstić information content (AvgIpc) is 2.96. The van der Waals surface area contributed by atoms with E-state index in [1.807, 2.05) is 4.90 Å². The summed E-state index contributed by atoms with van der Waals surface area (Å²) in [6, 6.07) is 10.6. The van der Waals surface area contributed by atoms with Crippen LogP contribution in [0.25, 0.3) is 11.1 Å². The number of carbonyl (C=O) groups is 1. The van der Waals surface area contributed by atoms with Gasteiger partial charge in [0, 0.05) is 31.2 Å². The third-order valence-electron chi connectivity index (χ3n) is 5.61. The Kier molecular flexibility index (Phi) is 4.83. The number of halogens is 2. The van der Waals surface area contributed by atoms with Gasteiger partial charge in [-0.1, -0.05) is 30.3 Å². The Balaban J connectivity index is 1.60. The van der Waals surface area contributed by atoms with E-state index in [0.29, 0.717) is 29.7 Å². The van der Waals surface area contributed by atoms with Gasteiger partial charge in [0.15, 0.2) is 0 Å². The van der Waals surface area contributed by atoms with Gasteiger partial charge in [0.2, 0.25) is 0 Å². The fraction of sp³-hybridized carbons (Fsp3) is 0.381. The van der Waals surface area contributed by atoms with Crippen molar-refractivity contribution in [3.8, 4) is 11.1 Å². The van der Waals surface area contributed by atoms with Crippen molar-refractivity contribution in [2.75, 3.05) is 19.6 Å². The van der Waals surface area contributed by atoms with E-state index in [9.17, 15) is 9.18 Å². The molecule has 2 saturated heterocycles. The van der Waals surface area contributed by atoms with Crippen molar-refractivity contribution in [1.29, 1.82) is 0 Å². The van der Waals surface area contributed by atoms with E-state index < -0.39 is 5.82 Å². The van der Waals surface area contributed by atoms with Crippen molar-refractivity contribution in [3.05, 3.63) is 59.7 Å². The quantitative estimate of drug-likeness (QED) is 0.899. The van der Waals surface area contributed by atoms with E-state index in [0.717, 1.165) is 25.9 Å². The largest absolute Gasteiger partial charge is 0.326 e. The number of hydrogen-bond acceptors (Lipinski definition) is 2. The van der Waals surface area contributed by atoms with Gasteiger partial charge in [-0.2, -0.15) is 0 Å². The van der Waals surface area contributed by atoms with Gasteiger partial charge in [0.25, 0.3) is 0 Å². The monoisotopic (exact) mass is 371 g/mol. The number of nitrogens with two attached hydrogens (primary N) is 1. The minimum Gasteiger partial charge on any atom is -0.326 e. The molecule has 0 spiro atoms. The van der Waals surface area contributed by atoms with E-state index in [4.69, 9.17) is 5.73 Å². The van der Waals surface area contributed by atoms with Crippen molar-refractivity contribution < 1.29 is 13.6 Å². The lowest BCUT2D eigenvalue weighted by atomic mass is 9.96. The summed E-state index contributed by atoms with van der Waals surface area (Å²) in [5.41, 5.74) is 7.61. The lowest BCUT2D eigenvalue weighted by Gasteiger charge is -2.37. The normalized spacial score (nSPS) is 22.0. The van der Waals surface area contributed by atoms with Crippen molar-refractivity contribution in [3.63, 3.8) is 0 Å². The number of carbonyl (C=O) groups excluding carboxylic acids is 1. The molecule has 2 atom stereocenters. The van der Waals surface area contributed by atoms with Gasteiger partial charge in [0.05, 0.1) is 6.04 Å². The molecular weight excluding hydrogens is 348 g/mol. The Hall–Kier alpha value is -2.47. The second-order valence-corrected chi connectivity index (χ2v) is 7.33. The van der Waals surface area contributed by atoms with Gasteiger partial charge >= 0.3 is 6.03 Å². The van der Waals surface area contributed by atoms with Gasteiger partial charge in [-0.15, -0.1) is 0 Å². The molecule has 0 saturated carbocycles. The van der Waals surface area contributed by atoms with E-state index >= 15 is 4.39 Å². The van der Waals surface area contributed by atoms with Crippen LogP contribution in [0.5, 0.6) is 0 Å². The van der Waals surface area contributed by atoms with Crippen LogP contribution in [0, 0.1) is 11.6 Å². The van der Waals surface area contributed by atoms with Crippen LogP contribution in [0.2, 0.25) is 0 Å². The number of amides is 2. The van der Waals surface area contributed by atoms with E-state index in [1.165, 1.54) is 12.1 Å². The zero-order valence-electron chi connectivity index (χ0n) is 15.1. The number of hydrogen-bond donors (Lipinski definition) is 1. The van der Waals surface area contributed by atoms with Crippen LogP contribution in [0.3, 0.4) is 0 Å². The first-order chi connectivity index (χ1) is 13.0. The zero-order valence-corrected chi connectivity index (χ0v) is 15.1. The summed E-state index contributed by atoms with van der Waals surface area (Å²) in [6.07, 6.45) is 2.10. The van der Waals surface area contributed by atoms with Crippen molar-refractivity contribution in [1.82, 2.24) is 9.80 Å². The lowest BCUT2D eigenvalue weighted by Crippen LogP contribution is -2.53. The predicted octanol–water partition coefficient (Wildman–Crippen LogP) is 3.40. The van der Waals surface area contributed by atoms with Gasteiger partial charge in [-0.25, -0.2) is 13.6 Å². The van der Waals surface area contributed by atoms with E-state index in [1.54, 1.807) is 35.2 Å². The summed E-state index contributed by atoms with van der Waals surface area (Å²) in [5, 5.41) is 0. The third-order valence-corrected chi connectivity index (χ3v) is 5.61. The Labute approximate surface area is 157 Å². The highest BCUT2D eigenvalue weighted by molar-refractivity contribution is 5.76. The summed E-state index contributed by atoms with van der Waals surface area (Å²) < 4.78 is 28.7. The van der Waals surface area contributed by atoms with Crippen LogP contribution in [0.4, 0.5) is 13.6 Å². The van der Waals surface area contributed by atoms with Crippen LogP contribution < -0.4 is 5.73 Å². The maximum atomic E-state index is 15.2. The molecule has 0 radical (unpaired) electrons. The fourth-order valence-corrected chi connectivity index (χ4v) is 3.91. The highest BCUT2D eigenvalue weighted by atomic mass is 19.1. The molecule has 2 aliphatic heterocycles. The van der Waals surface area contributed by atoms with Crippen LogP contribution in [-0.2, 0) is 6.42 Å². The smallest absolute Gasteiger partial charge is 0.320 e. The molecular formula is C21H23F2N3O. The summed E-state index contributed by atoms with van der Waals surface area (Å²) >= 11 is 0. The Morgan fingerprint density at radius 2 is 1.89 bits per heavy atom. The minimum atomic E-state index is -0.401. The van der Waals surface area contributed by atoms with Crippen molar-refractivity contribution in [2.24, 2.45) is 5.73 Å². The highest BCUT2D eigenvalue weighted by Crippen LogP contribution is 2.29. The molecule has 0 aliphatic carbocycles. The average molecular weight is 371 g/mol. The molecule has 2 fully saturated rings. The number of likely N-dealkylation sites (tertiary alicyclic amines) is 2. The van der Waals surface area contributed by atoms with Gasteiger partial charge < -0.3 is 15.5 Å². The molecule has 6 heteroatoms. The Morgan fingerprint density at radius 1 is 1.11 bits per heavy atom. The molecule has 27 heavy (non-hydrogen) atoms. The molecule has 4 nitrogen and oxygen atoms in total. The first-order valence-electron chi connectivity index (χ1n) is 9.39. The maximum absolute atomic E-state index is 15.2. The summed E-state index contributed by atoms with van der Waals surface area (Å²) in [6.45, 7) is 2.16. The first-order valence-corrected chi connectivity index (χ1v) is 9.39. The Morgan fingerprint density at radius 3 is 2.59 bits per heavy atom. The van der Waals surface area contributed by atoms with Crippen LogP contribution in [0.15, 0.2) is 42.5 Å². The second kappa shape index (κ2) is 7.27. The van der Waals surface area contributed by atoms with Gasteiger partial charge in [-0.05, 0) is 42.5 Å². The molecule has 142 valence electrons. The predicted molar refractivity (Wildman–Crippen MR) is 100 cm³/mol. The number of benzene rings is 2. The maximum Gasteiger partial charge on any atom is 0.320 e. The molecule has 2 aromatic rings. The van der Waals surface area contributed by atoms with E-state index in [-0.39, 0.29) is 23.9 Å². The number of urea groups is 1. The summed E-state index contributed by atoms with van der Waals surface area (Å²) in [7, 11) is 0. The molecule has 2 aromatic carbocycles. The third kappa shape index (κ3) is 3.41. The fourth-order valence-electron chi connectivity index (χ4n) is 3.91. The second-order valence-electron chi connectivity index (χ2n) is 7.33. The summed E-state index contributed by atoms with van der Waals surface area (Å²) in [5.74, 6) is -0.778. The molecule has 0 aromatic heterocycles. The SMILES string of the molecule is N[C@H]1CCN(C(=O)N2CCC2)[C@H]1Cc1cccc(-c2cccc(F)c2)c1F. The van der Waals surface area contributed by atoms with Gasteiger partial charge in [0.1, 0.15) is 11.6 Å². The zero-order chi connectivity index (χ0) is 19.0. The molecule has 4 rings (SSSR count). The first kappa shape index (κ1) is 17.9. The topological polar surface area (TPSA) is 49.6 Å². The van der Waals surface area contributed by atoms with Gasteiger partial charge in [-0.3, -0.25) is 0 Å². The van der Waals surface area contributed by atoms with Crippen LogP contribution >= 0.6 is 0 Å². The molecule has 2 aliphatic rings. The number of rotatable bonds is 3. The molecule has 2 N–H and O–H groups in total. The lowest BCUT2D eigenvalue weighted by molar-refractivity contribution is 0.121. The van der Waals surface area contributed by atoms with Crippen LogP contribution in [0.1, 0.15) is 18.4 Å². The molecule has 2 amide bonds. The number of nitrogens with zero attached hydrogens (tertiary/aromatic N) is 2. The Bertz CT molecular complexity index is 853. The van der Waals surface area contributed by atoms with Crippen molar-refractivity contribution >= 4 is 6.03 Å². The molecule has 2 heterocycles. The molecule has 0 bridgehead atoms. The molecule has 0 unspecified atom stereocenters. The van der Waals surface area contributed by atoms with Crippen molar-refractivity contribution in [2.45, 2.75) is 31.3 Å². The van der Waals surface area contributed by atoms with E-state index in [2.05, 4.69) is 0 Å². The minimum absolute atomic E-state index is 0.000827. The van der Waals surface area contributed by atoms with Crippen LogP contribution in [-0.4, -0.2) is 47.5 Å².